The van der Waals surface area contributed by atoms with Gasteiger partial charge in [0.25, 0.3) is 5.69 Å². The highest BCUT2D eigenvalue weighted by Crippen LogP contribution is 2.32. The third-order valence-corrected chi connectivity index (χ3v) is 4.15. The van der Waals surface area contributed by atoms with Gasteiger partial charge in [-0.3, -0.25) is 10.1 Å². The minimum absolute atomic E-state index is 0.0549. The van der Waals surface area contributed by atoms with Crippen molar-refractivity contribution in [2.75, 3.05) is 5.32 Å². The molecule has 20 heavy (non-hydrogen) atoms. The van der Waals surface area contributed by atoms with E-state index < -0.39 is 10.7 Å². The molecular formula is C15H21FN2O2. The third-order valence-electron chi connectivity index (χ3n) is 4.15. The Bertz CT molecular complexity index is 473. The number of hydrogen-bond acceptors (Lipinski definition) is 3. The molecule has 0 radical (unpaired) electrons. The van der Waals surface area contributed by atoms with Gasteiger partial charge in [-0.05, 0) is 31.2 Å². The SMILES string of the molecule is CCC(Nc1cc(F)ccc1[N+](=O)[O-])C1CCCCC1. The number of nitro groups is 1. The summed E-state index contributed by atoms with van der Waals surface area (Å²) in [4.78, 5) is 10.6. The van der Waals surface area contributed by atoms with E-state index in [1.54, 1.807) is 0 Å². The highest BCUT2D eigenvalue weighted by molar-refractivity contribution is 5.61. The molecule has 0 bridgehead atoms. The summed E-state index contributed by atoms with van der Waals surface area (Å²) in [5.74, 6) is 0.0771. The summed E-state index contributed by atoms with van der Waals surface area (Å²) < 4.78 is 13.3. The fraction of sp³-hybridized carbons (Fsp3) is 0.600. The molecule has 1 N–H and O–H groups in total. The number of anilines is 1. The van der Waals surface area contributed by atoms with Crippen molar-refractivity contribution in [3.05, 3.63) is 34.1 Å². The number of benzene rings is 1. The van der Waals surface area contributed by atoms with Crippen LogP contribution in [0.3, 0.4) is 0 Å². The van der Waals surface area contributed by atoms with Gasteiger partial charge in [0.2, 0.25) is 0 Å². The number of rotatable bonds is 5. The van der Waals surface area contributed by atoms with Crippen LogP contribution in [0.25, 0.3) is 0 Å². The lowest BCUT2D eigenvalue weighted by molar-refractivity contribution is -0.384. The van der Waals surface area contributed by atoms with E-state index in [0.29, 0.717) is 11.6 Å². The fourth-order valence-corrected chi connectivity index (χ4v) is 3.07. The number of nitro benzene ring substituents is 1. The van der Waals surface area contributed by atoms with E-state index in [1.165, 1.54) is 31.4 Å². The summed E-state index contributed by atoms with van der Waals surface area (Å²) in [6, 6.07) is 3.76. The monoisotopic (exact) mass is 280 g/mol. The van der Waals surface area contributed by atoms with Crippen molar-refractivity contribution in [2.24, 2.45) is 5.92 Å². The molecule has 0 saturated heterocycles. The van der Waals surface area contributed by atoms with Gasteiger partial charge in [0.15, 0.2) is 0 Å². The summed E-state index contributed by atoms with van der Waals surface area (Å²) in [7, 11) is 0. The van der Waals surface area contributed by atoms with Crippen molar-refractivity contribution >= 4 is 11.4 Å². The smallest absolute Gasteiger partial charge is 0.292 e. The summed E-state index contributed by atoms with van der Waals surface area (Å²) in [6.07, 6.45) is 6.89. The maximum absolute atomic E-state index is 13.3. The topological polar surface area (TPSA) is 55.2 Å². The Morgan fingerprint density at radius 3 is 2.70 bits per heavy atom. The molecule has 1 saturated carbocycles. The van der Waals surface area contributed by atoms with Gasteiger partial charge >= 0.3 is 0 Å². The van der Waals surface area contributed by atoms with Crippen LogP contribution in [-0.2, 0) is 0 Å². The molecule has 0 aromatic heterocycles. The summed E-state index contributed by atoms with van der Waals surface area (Å²) >= 11 is 0. The third kappa shape index (κ3) is 3.46. The van der Waals surface area contributed by atoms with Crippen LogP contribution in [0.2, 0.25) is 0 Å². The van der Waals surface area contributed by atoms with Crippen LogP contribution in [0.5, 0.6) is 0 Å². The lowest BCUT2D eigenvalue weighted by atomic mass is 9.83. The molecule has 1 unspecified atom stereocenters. The first kappa shape index (κ1) is 14.8. The van der Waals surface area contributed by atoms with Crippen LogP contribution in [-0.4, -0.2) is 11.0 Å². The van der Waals surface area contributed by atoms with E-state index in [0.717, 1.165) is 25.3 Å². The molecule has 1 atom stereocenters. The predicted octanol–water partition coefficient (Wildman–Crippen LogP) is 4.50. The second-order valence-corrected chi connectivity index (χ2v) is 5.48. The number of hydrogen-bond donors (Lipinski definition) is 1. The molecule has 110 valence electrons. The Kier molecular flexibility index (Phi) is 4.93. The summed E-state index contributed by atoms with van der Waals surface area (Å²) in [5, 5.41) is 14.2. The molecule has 2 rings (SSSR count). The first-order valence-corrected chi connectivity index (χ1v) is 7.32. The van der Waals surface area contributed by atoms with Crippen LogP contribution in [0.15, 0.2) is 18.2 Å². The van der Waals surface area contributed by atoms with Gasteiger partial charge in [-0.25, -0.2) is 4.39 Å². The Morgan fingerprint density at radius 1 is 1.40 bits per heavy atom. The van der Waals surface area contributed by atoms with Crippen molar-refractivity contribution in [2.45, 2.75) is 51.5 Å². The van der Waals surface area contributed by atoms with Gasteiger partial charge in [-0.15, -0.1) is 0 Å². The normalized spacial score (nSPS) is 17.7. The number of nitrogens with zero attached hydrogens (tertiary/aromatic N) is 1. The van der Waals surface area contributed by atoms with Gasteiger partial charge in [0.05, 0.1) is 4.92 Å². The zero-order chi connectivity index (χ0) is 14.5. The fourth-order valence-electron chi connectivity index (χ4n) is 3.07. The van der Waals surface area contributed by atoms with E-state index in [-0.39, 0.29) is 11.7 Å². The average Bonchev–Trinajstić information content (AvgIpc) is 2.45. The molecule has 0 amide bonds. The molecule has 1 aliphatic rings. The second-order valence-electron chi connectivity index (χ2n) is 5.48. The molecule has 4 nitrogen and oxygen atoms in total. The standard InChI is InChI=1S/C15H21FN2O2/c1-2-13(11-6-4-3-5-7-11)17-14-10-12(16)8-9-15(14)18(19)20/h8-11,13,17H,2-7H2,1H3. The van der Waals surface area contributed by atoms with E-state index in [9.17, 15) is 14.5 Å². The number of halogens is 1. The van der Waals surface area contributed by atoms with Crippen LogP contribution in [0.1, 0.15) is 45.4 Å². The Balaban J connectivity index is 2.17. The van der Waals surface area contributed by atoms with Crippen molar-refractivity contribution in [3.8, 4) is 0 Å². The Morgan fingerprint density at radius 2 is 2.10 bits per heavy atom. The maximum Gasteiger partial charge on any atom is 0.292 e. The molecule has 0 aliphatic heterocycles. The van der Waals surface area contributed by atoms with Crippen LogP contribution < -0.4 is 5.32 Å². The predicted molar refractivity (Wildman–Crippen MR) is 77.3 cm³/mol. The van der Waals surface area contributed by atoms with Crippen molar-refractivity contribution < 1.29 is 9.31 Å². The quantitative estimate of drug-likeness (QED) is 0.638. The lowest BCUT2D eigenvalue weighted by Gasteiger charge is -2.30. The van der Waals surface area contributed by atoms with Gasteiger partial charge in [0, 0.05) is 18.2 Å². The average molecular weight is 280 g/mol. The Labute approximate surface area is 118 Å². The maximum atomic E-state index is 13.3. The molecular weight excluding hydrogens is 259 g/mol. The van der Waals surface area contributed by atoms with Crippen molar-refractivity contribution in [1.29, 1.82) is 0 Å². The van der Waals surface area contributed by atoms with Gasteiger partial charge in [-0.2, -0.15) is 0 Å². The van der Waals surface area contributed by atoms with Gasteiger partial charge in [0.1, 0.15) is 11.5 Å². The zero-order valence-corrected chi connectivity index (χ0v) is 11.8. The Hall–Kier alpha value is -1.65. The largest absolute Gasteiger partial charge is 0.376 e. The molecule has 1 fully saturated rings. The van der Waals surface area contributed by atoms with Crippen LogP contribution in [0, 0.1) is 21.8 Å². The molecule has 0 heterocycles. The first-order valence-electron chi connectivity index (χ1n) is 7.32. The summed E-state index contributed by atoms with van der Waals surface area (Å²) in [6.45, 7) is 2.07. The van der Waals surface area contributed by atoms with E-state index in [4.69, 9.17) is 0 Å². The van der Waals surface area contributed by atoms with Gasteiger partial charge < -0.3 is 5.32 Å². The van der Waals surface area contributed by atoms with Crippen molar-refractivity contribution in [1.82, 2.24) is 0 Å². The van der Waals surface area contributed by atoms with Crippen molar-refractivity contribution in [3.63, 3.8) is 0 Å². The van der Waals surface area contributed by atoms with Crippen LogP contribution in [0.4, 0.5) is 15.8 Å². The molecule has 1 aromatic rings. The number of nitrogens with one attached hydrogen (secondary N) is 1. The molecule has 1 aliphatic carbocycles. The van der Waals surface area contributed by atoms with E-state index >= 15 is 0 Å². The molecule has 0 spiro atoms. The molecule has 5 heteroatoms. The van der Waals surface area contributed by atoms with Crippen LogP contribution >= 0.6 is 0 Å². The first-order chi connectivity index (χ1) is 9.61. The minimum Gasteiger partial charge on any atom is -0.376 e. The van der Waals surface area contributed by atoms with Gasteiger partial charge in [-0.1, -0.05) is 26.2 Å². The second kappa shape index (κ2) is 6.68. The highest BCUT2D eigenvalue weighted by Gasteiger charge is 2.24. The minimum atomic E-state index is -0.463. The van der Waals surface area contributed by atoms with E-state index in [1.807, 2.05) is 0 Å². The highest BCUT2D eigenvalue weighted by atomic mass is 19.1. The summed E-state index contributed by atoms with van der Waals surface area (Å²) in [5.41, 5.74) is 0.244. The molecule has 1 aromatic carbocycles. The lowest BCUT2D eigenvalue weighted by Crippen LogP contribution is -2.30. The van der Waals surface area contributed by atoms with E-state index in [2.05, 4.69) is 12.2 Å². The zero-order valence-electron chi connectivity index (χ0n) is 11.8.